The van der Waals surface area contributed by atoms with Crippen LogP contribution in [-0.2, 0) is 0 Å². The zero-order valence-corrected chi connectivity index (χ0v) is 9.55. The van der Waals surface area contributed by atoms with Crippen LogP contribution in [0.15, 0.2) is 11.6 Å². The van der Waals surface area contributed by atoms with Crippen molar-refractivity contribution in [1.82, 2.24) is 9.38 Å². The van der Waals surface area contributed by atoms with E-state index in [4.69, 9.17) is 0 Å². The second-order valence-corrected chi connectivity index (χ2v) is 4.94. The van der Waals surface area contributed by atoms with Crippen molar-refractivity contribution in [3.8, 4) is 0 Å². The van der Waals surface area contributed by atoms with Crippen molar-refractivity contribution < 1.29 is 10.0 Å². The Morgan fingerprint density at radius 3 is 3.06 bits per heavy atom. The molecule has 2 aromatic heterocycles. The molecular formula is C9H10N4O3S. The van der Waals surface area contributed by atoms with Gasteiger partial charge in [-0.05, 0) is 17.8 Å². The number of aliphatic hydroxyl groups is 1. The van der Waals surface area contributed by atoms with Gasteiger partial charge in [-0.1, -0.05) is 11.3 Å². The minimum Gasteiger partial charge on any atom is -0.393 e. The lowest BCUT2D eigenvalue weighted by molar-refractivity contribution is -0.389. The number of anilines is 1. The van der Waals surface area contributed by atoms with Crippen LogP contribution in [0.25, 0.3) is 4.96 Å². The van der Waals surface area contributed by atoms with Crippen LogP contribution in [0.4, 0.5) is 11.6 Å². The van der Waals surface area contributed by atoms with Crippen molar-refractivity contribution in [2.24, 2.45) is 0 Å². The van der Waals surface area contributed by atoms with Gasteiger partial charge in [0.2, 0.25) is 5.82 Å². The van der Waals surface area contributed by atoms with E-state index in [1.54, 1.807) is 11.6 Å². The van der Waals surface area contributed by atoms with Crippen LogP contribution in [0.5, 0.6) is 0 Å². The summed E-state index contributed by atoms with van der Waals surface area (Å²) in [6.45, 7) is 0. The number of rotatable bonds is 3. The first-order valence-corrected chi connectivity index (χ1v) is 6.07. The molecule has 0 atom stereocenters. The third-order valence-corrected chi connectivity index (χ3v) is 3.62. The highest BCUT2D eigenvalue weighted by atomic mass is 32.1. The predicted molar refractivity (Wildman–Crippen MR) is 62.4 cm³/mol. The maximum atomic E-state index is 11.0. The highest BCUT2D eigenvalue weighted by Gasteiger charge is 2.31. The molecule has 0 aliphatic heterocycles. The van der Waals surface area contributed by atoms with Crippen molar-refractivity contribution in [3.05, 3.63) is 21.7 Å². The van der Waals surface area contributed by atoms with Crippen LogP contribution in [0, 0.1) is 10.1 Å². The summed E-state index contributed by atoms with van der Waals surface area (Å²) in [5, 5.41) is 24.9. The Hall–Kier alpha value is -1.67. The van der Waals surface area contributed by atoms with Gasteiger partial charge in [0.15, 0.2) is 0 Å². The number of nitrogens with one attached hydrogen (secondary N) is 1. The van der Waals surface area contributed by atoms with E-state index in [9.17, 15) is 15.2 Å². The highest BCUT2D eigenvalue weighted by molar-refractivity contribution is 7.15. The van der Waals surface area contributed by atoms with Gasteiger partial charge >= 0.3 is 5.82 Å². The smallest absolute Gasteiger partial charge is 0.372 e. The lowest BCUT2D eigenvalue weighted by Gasteiger charge is -2.31. The number of aromatic nitrogens is 2. The summed E-state index contributed by atoms with van der Waals surface area (Å²) in [5.41, 5.74) is 0. The van der Waals surface area contributed by atoms with Gasteiger partial charge in [-0.15, -0.1) is 0 Å². The molecule has 0 radical (unpaired) electrons. The molecule has 1 aliphatic rings. The minimum atomic E-state index is -0.440. The van der Waals surface area contributed by atoms with Crippen LogP contribution in [0.1, 0.15) is 12.8 Å². The first-order valence-electron chi connectivity index (χ1n) is 5.19. The lowest BCUT2D eigenvalue weighted by Crippen LogP contribution is -2.39. The molecule has 0 unspecified atom stereocenters. The van der Waals surface area contributed by atoms with Crippen LogP contribution in [-0.4, -0.2) is 31.6 Å². The van der Waals surface area contributed by atoms with Gasteiger partial charge in [-0.25, -0.2) is 0 Å². The molecule has 3 rings (SSSR count). The second kappa shape index (κ2) is 3.67. The number of nitrogens with zero attached hydrogens (tertiary/aromatic N) is 3. The summed E-state index contributed by atoms with van der Waals surface area (Å²) in [4.78, 5) is 15.4. The third-order valence-electron chi connectivity index (χ3n) is 2.86. The second-order valence-electron chi connectivity index (χ2n) is 4.06. The maximum absolute atomic E-state index is 11.0. The van der Waals surface area contributed by atoms with E-state index in [0.29, 0.717) is 23.6 Å². The molecule has 2 aromatic rings. The van der Waals surface area contributed by atoms with E-state index in [-0.39, 0.29) is 18.0 Å². The summed E-state index contributed by atoms with van der Waals surface area (Å²) in [5.74, 6) is 0.251. The first kappa shape index (κ1) is 10.5. The average Bonchev–Trinajstić information content (AvgIpc) is 2.73. The van der Waals surface area contributed by atoms with E-state index < -0.39 is 4.92 Å². The van der Waals surface area contributed by atoms with Gasteiger partial charge in [0.25, 0.3) is 4.96 Å². The number of hydrogen-bond acceptors (Lipinski definition) is 6. The molecule has 1 saturated carbocycles. The number of aliphatic hydroxyl groups excluding tert-OH is 1. The molecule has 0 bridgehead atoms. The molecule has 1 fully saturated rings. The minimum absolute atomic E-state index is 0.0392. The van der Waals surface area contributed by atoms with Gasteiger partial charge in [-0.2, -0.15) is 9.38 Å². The number of imidazole rings is 1. The van der Waals surface area contributed by atoms with Gasteiger partial charge < -0.3 is 20.5 Å². The van der Waals surface area contributed by atoms with Crippen LogP contribution < -0.4 is 5.32 Å². The quantitative estimate of drug-likeness (QED) is 0.635. The van der Waals surface area contributed by atoms with E-state index in [1.165, 1.54) is 15.7 Å². The molecule has 8 heteroatoms. The monoisotopic (exact) mass is 254 g/mol. The Bertz CT molecular complexity index is 572. The molecule has 17 heavy (non-hydrogen) atoms. The lowest BCUT2D eigenvalue weighted by atomic mass is 9.89. The van der Waals surface area contributed by atoms with Gasteiger partial charge in [0.05, 0.1) is 6.10 Å². The number of thiazole rings is 1. The van der Waals surface area contributed by atoms with Crippen molar-refractivity contribution in [2.75, 3.05) is 5.32 Å². The molecule has 0 aromatic carbocycles. The van der Waals surface area contributed by atoms with Gasteiger partial charge in [-0.3, -0.25) is 0 Å². The van der Waals surface area contributed by atoms with E-state index in [2.05, 4.69) is 10.3 Å². The Morgan fingerprint density at radius 1 is 1.65 bits per heavy atom. The summed E-state index contributed by atoms with van der Waals surface area (Å²) < 4.78 is 1.46. The van der Waals surface area contributed by atoms with E-state index in [0.717, 1.165) is 0 Å². The van der Waals surface area contributed by atoms with Crippen molar-refractivity contribution in [3.63, 3.8) is 0 Å². The largest absolute Gasteiger partial charge is 0.393 e. The normalized spacial score (nSPS) is 23.6. The average molecular weight is 254 g/mol. The topological polar surface area (TPSA) is 92.7 Å². The molecular weight excluding hydrogens is 244 g/mol. The summed E-state index contributed by atoms with van der Waals surface area (Å²) in [6.07, 6.45) is 2.56. The number of fused-ring (bicyclic) bond motifs is 1. The van der Waals surface area contributed by atoms with Crippen molar-refractivity contribution in [1.29, 1.82) is 0 Å². The molecule has 7 nitrogen and oxygen atoms in total. The third kappa shape index (κ3) is 1.65. The van der Waals surface area contributed by atoms with Crippen LogP contribution in [0.2, 0.25) is 0 Å². The Balaban J connectivity index is 1.94. The molecule has 2 heterocycles. The molecule has 90 valence electrons. The van der Waals surface area contributed by atoms with Crippen molar-refractivity contribution >= 4 is 27.9 Å². The highest BCUT2D eigenvalue weighted by Crippen LogP contribution is 2.31. The van der Waals surface area contributed by atoms with Gasteiger partial charge in [0.1, 0.15) is 6.20 Å². The Kier molecular flexibility index (Phi) is 2.26. The zero-order valence-electron chi connectivity index (χ0n) is 8.74. The number of hydrogen-bond donors (Lipinski definition) is 2. The maximum Gasteiger partial charge on any atom is 0.372 e. The Morgan fingerprint density at radius 2 is 2.41 bits per heavy atom. The fourth-order valence-electron chi connectivity index (χ4n) is 1.94. The van der Waals surface area contributed by atoms with Crippen LogP contribution in [0.3, 0.4) is 0 Å². The van der Waals surface area contributed by atoms with Crippen molar-refractivity contribution in [2.45, 2.75) is 25.0 Å². The fourth-order valence-corrected chi connectivity index (χ4v) is 2.65. The van der Waals surface area contributed by atoms with E-state index >= 15 is 0 Å². The molecule has 2 N–H and O–H groups in total. The molecule has 0 spiro atoms. The van der Waals surface area contributed by atoms with Crippen LogP contribution >= 0.6 is 11.3 Å². The molecule has 0 saturated heterocycles. The zero-order chi connectivity index (χ0) is 12.0. The fraction of sp³-hybridized carbons (Fsp3) is 0.444. The predicted octanol–water partition coefficient (Wildman–Crippen LogP) is 1.24. The van der Waals surface area contributed by atoms with Gasteiger partial charge in [0, 0.05) is 11.4 Å². The Labute approximate surface area is 99.9 Å². The summed E-state index contributed by atoms with van der Waals surface area (Å²) in [7, 11) is 0. The molecule has 1 aliphatic carbocycles. The standard InChI is InChI=1S/C9H10N4O3S/c14-6-3-5(4-6)10-7-8(13(15)16)12-1-2-17-9(12)11-7/h1-2,5-6,10,14H,3-4H2. The summed E-state index contributed by atoms with van der Waals surface area (Å²) >= 11 is 1.35. The first-order chi connectivity index (χ1) is 8.15. The molecule has 0 amide bonds. The SMILES string of the molecule is O=[N+]([O-])c1c(NC2CC(O)C2)nc2sccn12. The number of nitro groups is 1. The van der Waals surface area contributed by atoms with E-state index in [1.807, 2.05) is 0 Å². The summed E-state index contributed by atoms with van der Waals surface area (Å²) in [6, 6.07) is 0.0771.